The van der Waals surface area contributed by atoms with Crippen molar-refractivity contribution >= 4 is 5.91 Å². The van der Waals surface area contributed by atoms with Crippen LogP contribution in [0.3, 0.4) is 0 Å². The van der Waals surface area contributed by atoms with Crippen LogP contribution in [0.5, 0.6) is 0 Å². The van der Waals surface area contributed by atoms with Crippen LogP contribution >= 0.6 is 0 Å². The third kappa shape index (κ3) is 4.20. The Morgan fingerprint density at radius 3 is 2.83 bits per heavy atom. The van der Waals surface area contributed by atoms with Gasteiger partial charge in [-0.2, -0.15) is 4.98 Å². The van der Waals surface area contributed by atoms with Gasteiger partial charge >= 0.3 is 0 Å². The number of aromatic nitrogens is 2. The second-order valence-electron chi connectivity index (χ2n) is 7.56. The SMILES string of the molecule is CC(C)(C)Cc1nc(-c2cccc(C(=O)NCC3CNC3)c2)no1. The van der Waals surface area contributed by atoms with E-state index in [1.54, 1.807) is 12.1 Å². The lowest BCUT2D eigenvalue weighted by Gasteiger charge is -2.27. The fourth-order valence-corrected chi connectivity index (χ4v) is 2.53. The first kappa shape index (κ1) is 16.6. The molecule has 1 aromatic heterocycles. The van der Waals surface area contributed by atoms with Gasteiger partial charge in [0.25, 0.3) is 5.91 Å². The van der Waals surface area contributed by atoms with Gasteiger partial charge in [0.05, 0.1) is 0 Å². The molecule has 6 nitrogen and oxygen atoms in total. The number of rotatable bonds is 5. The summed E-state index contributed by atoms with van der Waals surface area (Å²) in [6.07, 6.45) is 0.718. The molecule has 0 radical (unpaired) electrons. The fraction of sp³-hybridized carbons (Fsp3) is 0.500. The molecule has 128 valence electrons. The largest absolute Gasteiger partial charge is 0.352 e. The van der Waals surface area contributed by atoms with Crippen molar-refractivity contribution in [1.29, 1.82) is 0 Å². The van der Waals surface area contributed by atoms with Crippen molar-refractivity contribution in [2.75, 3.05) is 19.6 Å². The summed E-state index contributed by atoms with van der Waals surface area (Å²) in [7, 11) is 0. The molecule has 0 atom stereocenters. The molecular formula is C18H24N4O2. The highest BCUT2D eigenvalue weighted by Gasteiger charge is 2.19. The van der Waals surface area contributed by atoms with E-state index in [2.05, 4.69) is 41.5 Å². The van der Waals surface area contributed by atoms with E-state index in [-0.39, 0.29) is 11.3 Å². The van der Waals surface area contributed by atoms with Crippen molar-refractivity contribution in [2.45, 2.75) is 27.2 Å². The Morgan fingerprint density at radius 1 is 1.38 bits per heavy atom. The zero-order chi connectivity index (χ0) is 17.2. The summed E-state index contributed by atoms with van der Waals surface area (Å²) < 4.78 is 5.33. The molecule has 2 heterocycles. The molecule has 1 aliphatic rings. The monoisotopic (exact) mass is 328 g/mol. The van der Waals surface area contributed by atoms with Gasteiger partial charge in [-0.3, -0.25) is 4.79 Å². The zero-order valence-electron chi connectivity index (χ0n) is 14.4. The summed E-state index contributed by atoms with van der Waals surface area (Å²) in [5.41, 5.74) is 1.49. The van der Waals surface area contributed by atoms with Crippen LogP contribution in [0.4, 0.5) is 0 Å². The van der Waals surface area contributed by atoms with E-state index in [9.17, 15) is 4.79 Å². The van der Waals surface area contributed by atoms with E-state index in [4.69, 9.17) is 4.52 Å². The quantitative estimate of drug-likeness (QED) is 0.880. The minimum Gasteiger partial charge on any atom is -0.352 e. The molecule has 1 fully saturated rings. The molecule has 2 N–H and O–H groups in total. The van der Waals surface area contributed by atoms with Gasteiger partial charge in [-0.1, -0.05) is 38.1 Å². The van der Waals surface area contributed by atoms with Gasteiger partial charge in [-0.15, -0.1) is 0 Å². The summed E-state index contributed by atoms with van der Waals surface area (Å²) in [4.78, 5) is 16.7. The Hall–Kier alpha value is -2.21. The Kier molecular flexibility index (Phi) is 4.66. The predicted molar refractivity (Wildman–Crippen MR) is 91.6 cm³/mol. The second-order valence-corrected chi connectivity index (χ2v) is 7.56. The van der Waals surface area contributed by atoms with E-state index >= 15 is 0 Å². The molecule has 0 bridgehead atoms. The fourth-order valence-electron chi connectivity index (χ4n) is 2.53. The highest BCUT2D eigenvalue weighted by molar-refractivity contribution is 5.95. The molecule has 1 aliphatic heterocycles. The predicted octanol–water partition coefficient (Wildman–Crippen LogP) is 2.27. The standard InChI is InChI=1S/C18H24N4O2/c1-18(2,3)8-15-21-16(22-24-15)13-5-4-6-14(7-13)17(23)20-11-12-9-19-10-12/h4-7,12,19H,8-11H2,1-3H3,(H,20,23). The first-order valence-electron chi connectivity index (χ1n) is 8.33. The highest BCUT2D eigenvalue weighted by atomic mass is 16.5. The molecular weight excluding hydrogens is 304 g/mol. The van der Waals surface area contributed by atoms with Crippen LogP contribution in [0, 0.1) is 11.3 Å². The molecule has 0 spiro atoms. The summed E-state index contributed by atoms with van der Waals surface area (Å²) in [6, 6.07) is 7.33. The van der Waals surface area contributed by atoms with E-state index in [0.717, 1.165) is 25.1 Å². The highest BCUT2D eigenvalue weighted by Crippen LogP contribution is 2.22. The second kappa shape index (κ2) is 6.73. The first-order valence-corrected chi connectivity index (χ1v) is 8.33. The molecule has 1 aromatic carbocycles. The van der Waals surface area contributed by atoms with Gasteiger partial charge in [-0.05, 0) is 17.5 Å². The number of carbonyl (C=O) groups is 1. The number of nitrogens with zero attached hydrogens (tertiary/aromatic N) is 2. The van der Waals surface area contributed by atoms with Crippen molar-refractivity contribution in [3.05, 3.63) is 35.7 Å². The topological polar surface area (TPSA) is 80.0 Å². The Morgan fingerprint density at radius 2 is 2.17 bits per heavy atom. The molecule has 1 amide bonds. The number of benzene rings is 1. The van der Waals surface area contributed by atoms with E-state index in [1.807, 2.05) is 12.1 Å². The molecule has 2 aromatic rings. The maximum atomic E-state index is 12.3. The summed E-state index contributed by atoms with van der Waals surface area (Å²) in [5.74, 6) is 1.60. The van der Waals surface area contributed by atoms with Gasteiger partial charge < -0.3 is 15.2 Å². The lowest BCUT2D eigenvalue weighted by atomic mass is 9.92. The van der Waals surface area contributed by atoms with Crippen LogP contribution in [-0.4, -0.2) is 35.7 Å². The summed E-state index contributed by atoms with van der Waals surface area (Å²) in [6.45, 7) is 9.02. The third-order valence-electron chi connectivity index (χ3n) is 3.95. The van der Waals surface area contributed by atoms with Crippen LogP contribution in [0.2, 0.25) is 0 Å². The Labute approximate surface area is 142 Å². The van der Waals surface area contributed by atoms with Gasteiger partial charge in [-0.25, -0.2) is 0 Å². The lowest BCUT2D eigenvalue weighted by Crippen LogP contribution is -2.48. The summed E-state index contributed by atoms with van der Waals surface area (Å²) in [5, 5.41) is 10.2. The molecule has 6 heteroatoms. The van der Waals surface area contributed by atoms with E-state index in [1.165, 1.54) is 0 Å². The molecule has 24 heavy (non-hydrogen) atoms. The van der Waals surface area contributed by atoms with E-state index in [0.29, 0.717) is 29.7 Å². The zero-order valence-corrected chi connectivity index (χ0v) is 14.4. The van der Waals surface area contributed by atoms with Crippen molar-refractivity contribution in [2.24, 2.45) is 11.3 Å². The van der Waals surface area contributed by atoms with Gasteiger partial charge in [0, 0.05) is 43.1 Å². The molecule has 0 aliphatic carbocycles. The maximum Gasteiger partial charge on any atom is 0.251 e. The number of amides is 1. The van der Waals surface area contributed by atoms with Crippen LogP contribution in [0.25, 0.3) is 11.4 Å². The van der Waals surface area contributed by atoms with Crippen molar-refractivity contribution in [3.8, 4) is 11.4 Å². The lowest BCUT2D eigenvalue weighted by molar-refractivity contribution is 0.0942. The van der Waals surface area contributed by atoms with Crippen molar-refractivity contribution in [3.63, 3.8) is 0 Å². The minimum atomic E-state index is -0.0674. The number of hydrogen-bond donors (Lipinski definition) is 2. The molecule has 3 rings (SSSR count). The van der Waals surface area contributed by atoms with E-state index < -0.39 is 0 Å². The van der Waals surface area contributed by atoms with Crippen molar-refractivity contribution in [1.82, 2.24) is 20.8 Å². The van der Waals surface area contributed by atoms with Crippen molar-refractivity contribution < 1.29 is 9.32 Å². The maximum absolute atomic E-state index is 12.3. The Bertz CT molecular complexity index is 714. The average molecular weight is 328 g/mol. The van der Waals surface area contributed by atoms with Crippen LogP contribution in [0.15, 0.2) is 28.8 Å². The normalized spacial score (nSPS) is 15.1. The van der Waals surface area contributed by atoms with Gasteiger partial charge in [0.2, 0.25) is 11.7 Å². The molecule has 0 saturated carbocycles. The first-order chi connectivity index (χ1) is 11.4. The molecule has 0 unspecified atom stereocenters. The van der Waals surface area contributed by atoms with Crippen LogP contribution < -0.4 is 10.6 Å². The Balaban J connectivity index is 1.69. The number of carbonyl (C=O) groups excluding carboxylic acids is 1. The van der Waals surface area contributed by atoms with Gasteiger partial charge in [0.15, 0.2) is 0 Å². The number of nitrogens with one attached hydrogen (secondary N) is 2. The van der Waals surface area contributed by atoms with Crippen LogP contribution in [0.1, 0.15) is 37.0 Å². The average Bonchev–Trinajstić information content (AvgIpc) is 2.92. The minimum absolute atomic E-state index is 0.0674. The molecule has 1 saturated heterocycles. The van der Waals surface area contributed by atoms with Crippen LogP contribution in [-0.2, 0) is 6.42 Å². The number of hydrogen-bond acceptors (Lipinski definition) is 5. The van der Waals surface area contributed by atoms with Gasteiger partial charge in [0.1, 0.15) is 0 Å². The third-order valence-corrected chi connectivity index (χ3v) is 3.95. The smallest absolute Gasteiger partial charge is 0.251 e. The summed E-state index contributed by atoms with van der Waals surface area (Å²) >= 11 is 0.